The zero-order chi connectivity index (χ0) is 27.0. The maximum atomic E-state index is 5.72. The van der Waals surface area contributed by atoms with Crippen LogP contribution in [0.4, 0.5) is 11.4 Å². The number of aromatic nitrogens is 1. The molecule has 0 N–H and O–H groups in total. The second-order valence-electron chi connectivity index (χ2n) is 9.27. The number of ether oxygens (including phenoxy) is 1. The van der Waals surface area contributed by atoms with Crippen LogP contribution >= 0.6 is 0 Å². The van der Waals surface area contributed by atoms with Crippen molar-refractivity contribution in [2.24, 2.45) is 4.99 Å². The van der Waals surface area contributed by atoms with Gasteiger partial charge in [-0.15, -0.1) is 0 Å². The van der Waals surface area contributed by atoms with E-state index in [2.05, 4.69) is 126 Å². The van der Waals surface area contributed by atoms with Gasteiger partial charge in [0.25, 0.3) is 0 Å². The molecule has 0 atom stereocenters. The smallest absolute Gasteiger partial charge is 0.119 e. The van der Waals surface area contributed by atoms with Gasteiger partial charge in [-0.25, -0.2) is 0 Å². The average Bonchev–Trinajstić information content (AvgIpc) is 3.38. The van der Waals surface area contributed by atoms with Gasteiger partial charge in [0.15, 0.2) is 0 Å². The fourth-order valence-corrected chi connectivity index (χ4v) is 4.95. The van der Waals surface area contributed by atoms with Crippen LogP contribution in [-0.2, 0) is 0 Å². The summed E-state index contributed by atoms with van der Waals surface area (Å²) in [5.74, 6) is 0.867. The van der Waals surface area contributed by atoms with Crippen LogP contribution < -0.4 is 9.64 Å². The number of aliphatic imine (C=N–C) groups is 1. The van der Waals surface area contributed by atoms with Gasteiger partial charge in [0.05, 0.1) is 23.7 Å². The number of hydrogen-bond donors (Lipinski definition) is 0. The Balaban J connectivity index is 1.65. The van der Waals surface area contributed by atoms with Crippen molar-refractivity contribution in [2.75, 3.05) is 24.6 Å². The highest BCUT2D eigenvalue weighted by molar-refractivity contribution is 5.94. The normalized spacial score (nSPS) is 11.2. The Hall–Kier alpha value is -4.57. The van der Waals surface area contributed by atoms with Crippen molar-refractivity contribution in [1.82, 2.24) is 4.57 Å². The van der Waals surface area contributed by atoms with Crippen LogP contribution in [-0.4, -0.2) is 30.5 Å². The minimum Gasteiger partial charge on any atom is -0.494 e. The Morgan fingerprint density at radius 2 is 1.33 bits per heavy atom. The van der Waals surface area contributed by atoms with Crippen LogP contribution in [0.1, 0.15) is 26.3 Å². The zero-order valence-corrected chi connectivity index (χ0v) is 22.9. The van der Waals surface area contributed by atoms with Gasteiger partial charge in [0.1, 0.15) is 5.75 Å². The van der Waals surface area contributed by atoms with Crippen LogP contribution in [0.3, 0.4) is 0 Å². The molecule has 4 heteroatoms. The summed E-state index contributed by atoms with van der Waals surface area (Å²) >= 11 is 0. The molecule has 4 nitrogen and oxygen atoms in total. The highest BCUT2D eigenvalue weighted by Gasteiger charge is 2.18. The number of anilines is 1. The molecule has 5 aromatic rings. The first kappa shape index (κ1) is 26.1. The highest BCUT2D eigenvalue weighted by atomic mass is 16.5. The Bertz CT molecular complexity index is 1500. The van der Waals surface area contributed by atoms with Gasteiger partial charge in [-0.05, 0) is 86.5 Å². The van der Waals surface area contributed by atoms with Crippen LogP contribution in [0.25, 0.3) is 28.2 Å². The lowest BCUT2D eigenvalue weighted by molar-refractivity contribution is 0.340. The third-order valence-corrected chi connectivity index (χ3v) is 6.88. The minimum atomic E-state index is 0.643. The second kappa shape index (κ2) is 12.3. The maximum Gasteiger partial charge on any atom is 0.119 e. The van der Waals surface area contributed by atoms with Gasteiger partial charge in [-0.2, -0.15) is 0 Å². The van der Waals surface area contributed by atoms with Gasteiger partial charge in [0.2, 0.25) is 0 Å². The topological polar surface area (TPSA) is 29.8 Å². The maximum absolute atomic E-state index is 5.72. The summed E-state index contributed by atoms with van der Waals surface area (Å²) in [7, 11) is 0. The lowest BCUT2D eigenvalue weighted by Gasteiger charge is -2.20. The van der Waals surface area contributed by atoms with Crippen molar-refractivity contribution in [3.8, 4) is 34.0 Å². The molecule has 1 heterocycles. The van der Waals surface area contributed by atoms with Crippen molar-refractivity contribution >= 4 is 17.6 Å². The third-order valence-electron chi connectivity index (χ3n) is 6.88. The molecule has 0 unspecified atom stereocenters. The van der Waals surface area contributed by atoms with Gasteiger partial charge in [-0.1, -0.05) is 60.7 Å². The predicted molar refractivity (Wildman–Crippen MR) is 165 cm³/mol. The van der Waals surface area contributed by atoms with E-state index in [4.69, 9.17) is 9.73 Å². The van der Waals surface area contributed by atoms with Crippen LogP contribution in [0.2, 0.25) is 0 Å². The molecular formula is C35H35N3O. The molecule has 0 amide bonds. The van der Waals surface area contributed by atoms with E-state index in [0.29, 0.717) is 6.61 Å². The van der Waals surface area contributed by atoms with E-state index in [-0.39, 0.29) is 0 Å². The first-order valence-corrected chi connectivity index (χ1v) is 13.7. The van der Waals surface area contributed by atoms with Crippen molar-refractivity contribution in [2.45, 2.75) is 20.8 Å². The molecular weight excluding hydrogens is 478 g/mol. The molecule has 1 aromatic heterocycles. The largest absolute Gasteiger partial charge is 0.494 e. The molecule has 0 radical (unpaired) electrons. The first-order valence-electron chi connectivity index (χ1n) is 13.7. The Morgan fingerprint density at radius 1 is 0.718 bits per heavy atom. The standard InChI is InChI=1S/C35H35N3O/c1-4-37(5-2)31-19-17-30(18-20-31)36-26-29-25-34(27-13-9-7-10-14-27)38(35(29)28-15-11-8-12-16-28)32-21-23-33(24-22-32)39-6-3/h7-26H,4-6H2,1-3H3. The van der Waals surface area contributed by atoms with E-state index < -0.39 is 0 Å². The quantitative estimate of drug-likeness (QED) is 0.175. The second-order valence-corrected chi connectivity index (χ2v) is 9.27. The molecule has 0 saturated heterocycles. The van der Waals surface area contributed by atoms with Crippen molar-refractivity contribution in [3.63, 3.8) is 0 Å². The van der Waals surface area contributed by atoms with Crippen LogP contribution in [0, 0.1) is 0 Å². The summed E-state index contributed by atoms with van der Waals surface area (Å²) < 4.78 is 8.05. The summed E-state index contributed by atoms with van der Waals surface area (Å²) in [5, 5.41) is 0. The van der Waals surface area contributed by atoms with E-state index in [1.807, 2.05) is 25.3 Å². The van der Waals surface area contributed by atoms with Crippen molar-refractivity contribution in [1.29, 1.82) is 0 Å². The van der Waals surface area contributed by atoms with Crippen LogP contribution in [0.15, 0.2) is 120 Å². The summed E-state index contributed by atoms with van der Waals surface area (Å²) in [5.41, 5.74) is 8.76. The molecule has 0 bridgehead atoms. The molecule has 0 aliphatic heterocycles. The number of nitrogens with zero attached hydrogens (tertiary/aromatic N) is 3. The van der Waals surface area contributed by atoms with Crippen molar-refractivity contribution in [3.05, 3.63) is 121 Å². The van der Waals surface area contributed by atoms with Gasteiger partial charge in [-0.3, -0.25) is 4.99 Å². The van der Waals surface area contributed by atoms with E-state index in [9.17, 15) is 0 Å². The Morgan fingerprint density at radius 3 is 1.92 bits per heavy atom. The summed E-state index contributed by atoms with van der Waals surface area (Å²) in [4.78, 5) is 7.26. The third kappa shape index (κ3) is 5.80. The molecule has 0 fully saturated rings. The zero-order valence-electron chi connectivity index (χ0n) is 22.9. The predicted octanol–water partition coefficient (Wildman–Crippen LogP) is 8.81. The molecule has 0 spiro atoms. The van der Waals surface area contributed by atoms with Gasteiger partial charge in [0, 0.05) is 36.2 Å². The van der Waals surface area contributed by atoms with E-state index in [1.54, 1.807) is 0 Å². The fourth-order valence-electron chi connectivity index (χ4n) is 4.95. The highest BCUT2D eigenvalue weighted by Crippen LogP contribution is 2.36. The summed E-state index contributed by atoms with van der Waals surface area (Å²) in [6, 6.07) is 40.1. The molecule has 0 aliphatic rings. The molecule has 5 rings (SSSR count). The first-order chi connectivity index (χ1) is 19.2. The number of hydrogen-bond acceptors (Lipinski definition) is 3. The number of rotatable bonds is 10. The monoisotopic (exact) mass is 513 g/mol. The molecule has 39 heavy (non-hydrogen) atoms. The Kier molecular flexibility index (Phi) is 8.23. The van der Waals surface area contributed by atoms with E-state index >= 15 is 0 Å². The molecule has 4 aromatic carbocycles. The van der Waals surface area contributed by atoms with Gasteiger partial charge < -0.3 is 14.2 Å². The van der Waals surface area contributed by atoms with E-state index in [1.165, 1.54) is 5.69 Å². The lowest BCUT2D eigenvalue weighted by atomic mass is 10.1. The molecule has 0 saturated carbocycles. The summed E-state index contributed by atoms with van der Waals surface area (Å²) in [6.07, 6.45) is 1.99. The lowest BCUT2D eigenvalue weighted by Crippen LogP contribution is -2.21. The SMILES string of the molecule is CCOc1ccc(-n2c(-c3ccccc3)cc(C=Nc3ccc(N(CC)CC)cc3)c2-c2ccccc2)cc1. The minimum absolute atomic E-state index is 0.643. The van der Waals surface area contributed by atoms with Gasteiger partial charge >= 0.3 is 0 Å². The fraction of sp³-hybridized carbons (Fsp3) is 0.171. The molecule has 196 valence electrons. The molecule has 0 aliphatic carbocycles. The Labute approximate surface area is 231 Å². The summed E-state index contributed by atoms with van der Waals surface area (Å²) in [6.45, 7) is 8.98. The van der Waals surface area contributed by atoms with Crippen molar-refractivity contribution < 1.29 is 4.74 Å². The van der Waals surface area contributed by atoms with Crippen LogP contribution in [0.5, 0.6) is 5.75 Å². The number of benzene rings is 4. The average molecular weight is 514 g/mol. The van der Waals surface area contributed by atoms with E-state index in [0.717, 1.165) is 58.3 Å².